The Bertz CT molecular complexity index is 531. The van der Waals surface area contributed by atoms with Crippen molar-refractivity contribution in [2.75, 3.05) is 11.9 Å². The molecule has 0 fully saturated rings. The van der Waals surface area contributed by atoms with E-state index in [-0.39, 0.29) is 0 Å². The molecule has 18 heavy (non-hydrogen) atoms. The van der Waals surface area contributed by atoms with Gasteiger partial charge in [-0.25, -0.2) is 4.98 Å². The van der Waals surface area contributed by atoms with Gasteiger partial charge in [-0.15, -0.1) is 0 Å². The van der Waals surface area contributed by atoms with Crippen LogP contribution in [0, 0.1) is 0 Å². The Labute approximate surface area is 110 Å². The van der Waals surface area contributed by atoms with Gasteiger partial charge < -0.3 is 10.1 Å². The van der Waals surface area contributed by atoms with E-state index in [4.69, 9.17) is 16.3 Å². The van der Waals surface area contributed by atoms with Gasteiger partial charge in [-0.2, -0.15) is 5.10 Å². The summed E-state index contributed by atoms with van der Waals surface area (Å²) < 4.78 is 7.34. The number of ether oxygens (including phenoxy) is 1. The SMILES string of the molecule is Clc1cccc(CNc2cc3n(n2)CCOC3)n1. The maximum atomic E-state index is 5.83. The van der Waals surface area contributed by atoms with Gasteiger partial charge in [0.25, 0.3) is 0 Å². The summed E-state index contributed by atoms with van der Waals surface area (Å²) in [6, 6.07) is 7.58. The molecule has 0 radical (unpaired) electrons. The summed E-state index contributed by atoms with van der Waals surface area (Å²) in [6.45, 7) is 2.78. The van der Waals surface area contributed by atoms with E-state index < -0.39 is 0 Å². The first kappa shape index (κ1) is 11.5. The lowest BCUT2D eigenvalue weighted by atomic mass is 10.3. The molecule has 1 aliphatic rings. The molecule has 1 N–H and O–H groups in total. The van der Waals surface area contributed by atoms with Crippen molar-refractivity contribution >= 4 is 17.4 Å². The summed E-state index contributed by atoms with van der Waals surface area (Å²) in [7, 11) is 0. The van der Waals surface area contributed by atoms with E-state index in [1.807, 2.05) is 22.9 Å². The molecule has 0 bridgehead atoms. The van der Waals surface area contributed by atoms with Gasteiger partial charge >= 0.3 is 0 Å². The Balaban J connectivity index is 1.68. The third-order valence-corrected chi connectivity index (χ3v) is 2.99. The number of pyridine rings is 1. The van der Waals surface area contributed by atoms with Crippen molar-refractivity contribution in [1.29, 1.82) is 0 Å². The molecule has 0 aliphatic carbocycles. The van der Waals surface area contributed by atoms with Gasteiger partial charge in [0.1, 0.15) is 11.0 Å². The van der Waals surface area contributed by atoms with Gasteiger partial charge in [0.05, 0.1) is 37.7 Å². The quantitative estimate of drug-likeness (QED) is 0.863. The van der Waals surface area contributed by atoms with Gasteiger partial charge in [-0.3, -0.25) is 4.68 Å². The number of halogens is 1. The van der Waals surface area contributed by atoms with Crippen LogP contribution in [0.1, 0.15) is 11.4 Å². The Morgan fingerprint density at radius 1 is 1.44 bits per heavy atom. The number of anilines is 1. The van der Waals surface area contributed by atoms with Gasteiger partial charge in [0.15, 0.2) is 0 Å². The molecule has 1 aliphatic heterocycles. The van der Waals surface area contributed by atoms with Crippen molar-refractivity contribution in [1.82, 2.24) is 14.8 Å². The monoisotopic (exact) mass is 264 g/mol. The van der Waals surface area contributed by atoms with E-state index >= 15 is 0 Å². The number of nitrogens with zero attached hydrogens (tertiary/aromatic N) is 3. The van der Waals surface area contributed by atoms with Crippen molar-refractivity contribution in [2.24, 2.45) is 0 Å². The number of rotatable bonds is 3. The largest absolute Gasteiger partial charge is 0.373 e. The van der Waals surface area contributed by atoms with Crippen LogP contribution >= 0.6 is 11.6 Å². The van der Waals surface area contributed by atoms with Crippen molar-refractivity contribution in [3.63, 3.8) is 0 Å². The molecule has 3 rings (SSSR count). The maximum Gasteiger partial charge on any atom is 0.148 e. The van der Waals surface area contributed by atoms with Crippen LogP contribution < -0.4 is 5.32 Å². The molecule has 0 unspecified atom stereocenters. The van der Waals surface area contributed by atoms with Gasteiger partial charge in [-0.1, -0.05) is 17.7 Å². The lowest BCUT2D eigenvalue weighted by molar-refractivity contribution is 0.0801. The molecule has 0 atom stereocenters. The van der Waals surface area contributed by atoms with E-state index in [1.54, 1.807) is 6.07 Å². The fourth-order valence-electron chi connectivity index (χ4n) is 1.91. The smallest absolute Gasteiger partial charge is 0.148 e. The first-order valence-corrected chi connectivity index (χ1v) is 6.19. The predicted octanol–water partition coefficient (Wildman–Crippen LogP) is 2.07. The summed E-state index contributed by atoms with van der Waals surface area (Å²) in [5.41, 5.74) is 1.99. The van der Waals surface area contributed by atoms with Gasteiger partial charge in [0, 0.05) is 6.07 Å². The minimum atomic E-state index is 0.506. The molecule has 5 nitrogen and oxygen atoms in total. The summed E-state index contributed by atoms with van der Waals surface area (Å²) in [5, 5.41) is 8.20. The first-order valence-electron chi connectivity index (χ1n) is 5.81. The van der Waals surface area contributed by atoms with Crippen LogP contribution in [0.15, 0.2) is 24.3 Å². The van der Waals surface area contributed by atoms with E-state index in [9.17, 15) is 0 Å². The zero-order valence-corrected chi connectivity index (χ0v) is 10.5. The third-order valence-electron chi connectivity index (χ3n) is 2.78. The lowest BCUT2D eigenvalue weighted by Gasteiger charge is -2.12. The topological polar surface area (TPSA) is 52.0 Å². The van der Waals surface area contributed by atoms with Crippen molar-refractivity contribution in [3.8, 4) is 0 Å². The van der Waals surface area contributed by atoms with E-state index in [0.29, 0.717) is 18.3 Å². The summed E-state index contributed by atoms with van der Waals surface area (Å²) in [5.74, 6) is 0.845. The molecule has 0 aromatic carbocycles. The zero-order chi connectivity index (χ0) is 12.4. The molecule has 0 saturated carbocycles. The molecule has 0 saturated heterocycles. The predicted molar refractivity (Wildman–Crippen MR) is 68.5 cm³/mol. The van der Waals surface area contributed by atoms with Gasteiger partial charge in [-0.05, 0) is 12.1 Å². The highest BCUT2D eigenvalue weighted by Gasteiger charge is 2.12. The van der Waals surface area contributed by atoms with Crippen molar-refractivity contribution in [2.45, 2.75) is 19.7 Å². The fraction of sp³-hybridized carbons (Fsp3) is 0.333. The second kappa shape index (κ2) is 4.96. The number of aromatic nitrogens is 3. The first-order chi connectivity index (χ1) is 8.81. The van der Waals surface area contributed by atoms with Crippen LogP contribution in [-0.2, 0) is 24.4 Å². The average molecular weight is 265 g/mol. The van der Waals surface area contributed by atoms with Crippen molar-refractivity contribution < 1.29 is 4.74 Å². The van der Waals surface area contributed by atoms with E-state index in [2.05, 4.69) is 15.4 Å². The number of nitrogens with one attached hydrogen (secondary N) is 1. The molecule has 6 heteroatoms. The standard InChI is InChI=1S/C12H13ClN4O/c13-11-3-1-2-9(15-11)7-14-12-6-10-8-18-5-4-17(10)16-12/h1-3,6H,4-5,7-8H2,(H,14,16). The molecule has 2 aromatic heterocycles. The van der Waals surface area contributed by atoms with Crippen LogP contribution in [0.3, 0.4) is 0 Å². The fourth-order valence-corrected chi connectivity index (χ4v) is 2.09. The number of hydrogen-bond acceptors (Lipinski definition) is 4. The van der Waals surface area contributed by atoms with Crippen LogP contribution in [0.25, 0.3) is 0 Å². The van der Waals surface area contributed by atoms with Crippen LogP contribution in [0.2, 0.25) is 5.15 Å². The summed E-state index contributed by atoms with van der Waals surface area (Å²) in [6.07, 6.45) is 0. The minimum absolute atomic E-state index is 0.506. The Morgan fingerprint density at radius 2 is 2.39 bits per heavy atom. The Kier molecular flexibility index (Phi) is 3.17. The maximum absolute atomic E-state index is 5.83. The number of fused-ring (bicyclic) bond motifs is 1. The lowest BCUT2D eigenvalue weighted by Crippen LogP contribution is -2.16. The second-order valence-corrected chi connectivity index (χ2v) is 4.49. The molecular formula is C12H13ClN4O. The number of hydrogen-bond donors (Lipinski definition) is 1. The zero-order valence-electron chi connectivity index (χ0n) is 9.77. The summed E-state index contributed by atoms with van der Waals surface area (Å²) in [4.78, 5) is 4.21. The Hall–Kier alpha value is -1.59. The van der Waals surface area contributed by atoms with E-state index in [1.165, 1.54) is 0 Å². The minimum Gasteiger partial charge on any atom is -0.373 e. The Morgan fingerprint density at radius 3 is 3.22 bits per heavy atom. The second-order valence-electron chi connectivity index (χ2n) is 4.10. The summed E-state index contributed by atoms with van der Waals surface area (Å²) >= 11 is 5.83. The highest BCUT2D eigenvalue weighted by molar-refractivity contribution is 6.29. The normalized spacial score (nSPS) is 14.3. The highest BCUT2D eigenvalue weighted by atomic mass is 35.5. The molecule has 3 heterocycles. The molecular weight excluding hydrogens is 252 g/mol. The van der Waals surface area contributed by atoms with Gasteiger partial charge in [0.2, 0.25) is 0 Å². The molecule has 0 amide bonds. The molecule has 0 spiro atoms. The van der Waals surface area contributed by atoms with Crippen LogP contribution in [0.5, 0.6) is 0 Å². The van der Waals surface area contributed by atoms with E-state index in [0.717, 1.165) is 30.4 Å². The average Bonchev–Trinajstić information content (AvgIpc) is 2.79. The van der Waals surface area contributed by atoms with Crippen LogP contribution in [0.4, 0.5) is 5.82 Å². The molecule has 94 valence electrons. The van der Waals surface area contributed by atoms with Crippen LogP contribution in [-0.4, -0.2) is 21.4 Å². The third kappa shape index (κ3) is 2.47. The molecule has 2 aromatic rings. The highest BCUT2D eigenvalue weighted by Crippen LogP contribution is 2.15. The van der Waals surface area contributed by atoms with Crippen molar-refractivity contribution in [3.05, 3.63) is 40.8 Å².